The summed E-state index contributed by atoms with van der Waals surface area (Å²) in [6.45, 7) is 5.72. The lowest BCUT2D eigenvalue weighted by molar-refractivity contribution is 0.0628. The largest absolute Gasteiger partial charge is 0.374 e. The Morgan fingerprint density at radius 3 is 2.75 bits per heavy atom. The van der Waals surface area contributed by atoms with Crippen LogP contribution in [0.2, 0.25) is 5.02 Å². The van der Waals surface area contributed by atoms with Gasteiger partial charge in [0.15, 0.2) is 0 Å². The fourth-order valence-corrected chi connectivity index (χ4v) is 4.22. The van der Waals surface area contributed by atoms with Gasteiger partial charge in [-0.3, -0.25) is 4.68 Å². The number of ether oxygens (including phenoxy) is 1. The van der Waals surface area contributed by atoms with Gasteiger partial charge in [-0.1, -0.05) is 18.5 Å². The summed E-state index contributed by atoms with van der Waals surface area (Å²) < 4.78 is 8.09. The Labute approximate surface area is 125 Å². The number of aryl methyl sites for hydroxylation is 2. The third-order valence-corrected chi connectivity index (χ3v) is 5.48. The van der Waals surface area contributed by atoms with Crippen LogP contribution in [0.15, 0.2) is 0 Å². The van der Waals surface area contributed by atoms with Gasteiger partial charge in [0.05, 0.1) is 28.6 Å². The Hall–Kier alpha value is -0.580. The normalized spacial score (nSPS) is 32.2. The second-order valence-electron chi connectivity index (χ2n) is 6.15. The van der Waals surface area contributed by atoms with E-state index in [0.29, 0.717) is 18.8 Å². The zero-order valence-electron chi connectivity index (χ0n) is 12.4. The molecule has 1 aromatic rings. The predicted molar refractivity (Wildman–Crippen MR) is 80.0 cm³/mol. The monoisotopic (exact) mass is 297 g/mol. The molecule has 4 nitrogen and oxygen atoms in total. The molecule has 2 saturated heterocycles. The highest BCUT2D eigenvalue weighted by molar-refractivity contribution is 6.31. The molecule has 2 aliphatic rings. The molecular formula is C15H24ClN3O. The van der Waals surface area contributed by atoms with Gasteiger partial charge in [-0.25, -0.2) is 0 Å². The Kier molecular flexibility index (Phi) is 3.82. The minimum absolute atomic E-state index is 0.0600. The fraction of sp³-hybridized carbons (Fsp3) is 0.800. The smallest absolute Gasteiger partial charge is 0.0850 e. The molecule has 20 heavy (non-hydrogen) atoms. The van der Waals surface area contributed by atoms with Crippen molar-refractivity contribution in [1.82, 2.24) is 9.78 Å². The van der Waals surface area contributed by atoms with Gasteiger partial charge in [0, 0.05) is 24.9 Å². The maximum Gasteiger partial charge on any atom is 0.0850 e. The molecule has 2 N–H and O–H groups in total. The van der Waals surface area contributed by atoms with Crippen molar-refractivity contribution < 1.29 is 4.74 Å². The standard InChI is InChI=1S/C15H24ClN3O/c1-3-11-14(16)12(19(4-2)18-11)8-15(9-17)7-10-5-6-13(15)20-10/h10,13H,3-9,17H2,1-2H3. The van der Waals surface area contributed by atoms with Gasteiger partial charge in [-0.2, -0.15) is 5.10 Å². The molecule has 3 heterocycles. The van der Waals surface area contributed by atoms with Crippen LogP contribution in [-0.4, -0.2) is 28.5 Å². The van der Waals surface area contributed by atoms with Crippen molar-refractivity contribution in [2.24, 2.45) is 11.1 Å². The van der Waals surface area contributed by atoms with E-state index in [1.54, 1.807) is 0 Å². The summed E-state index contributed by atoms with van der Waals surface area (Å²) in [5.74, 6) is 0. The third-order valence-electron chi connectivity index (χ3n) is 5.04. The highest BCUT2D eigenvalue weighted by atomic mass is 35.5. The maximum absolute atomic E-state index is 6.54. The summed E-state index contributed by atoms with van der Waals surface area (Å²) in [7, 11) is 0. The highest BCUT2D eigenvalue weighted by Crippen LogP contribution is 2.49. The van der Waals surface area contributed by atoms with Gasteiger partial charge in [-0.15, -0.1) is 0 Å². The minimum Gasteiger partial charge on any atom is -0.374 e. The van der Waals surface area contributed by atoms with Crippen molar-refractivity contribution in [2.45, 2.75) is 64.7 Å². The second kappa shape index (κ2) is 5.32. The molecule has 3 unspecified atom stereocenters. The molecule has 0 spiro atoms. The van der Waals surface area contributed by atoms with Gasteiger partial charge < -0.3 is 10.5 Å². The Balaban J connectivity index is 1.92. The van der Waals surface area contributed by atoms with Crippen LogP contribution in [0.1, 0.15) is 44.5 Å². The van der Waals surface area contributed by atoms with Crippen LogP contribution in [-0.2, 0) is 24.1 Å². The highest BCUT2D eigenvalue weighted by Gasteiger charge is 2.52. The molecule has 0 aromatic carbocycles. The van der Waals surface area contributed by atoms with E-state index in [1.165, 1.54) is 6.42 Å². The van der Waals surface area contributed by atoms with Crippen LogP contribution in [0.5, 0.6) is 0 Å². The van der Waals surface area contributed by atoms with Crippen molar-refractivity contribution >= 4 is 11.6 Å². The quantitative estimate of drug-likeness (QED) is 0.909. The van der Waals surface area contributed by atoms with Crippen molar-refractivity contribution in [2.75, 3.05) is 6.54 Å². The Bertz CT molecular complexity index is 502. The Morgan fingerprint density at radius 2 is 2.25 bits per heavy atom. The summed E-state index contributed by atoms with van der Waals surface area (Å²) in [4.78, 5) is 0. The van der Waals surface area contributed by atoms with E-state index < -0.39 is 0 Å². The molecule has 5 heteroatoms. The first-order valence-corrected chi connectivity index (χ1v) is 8.11. The number of nitrogens with zero attached hydrogens (tertiary/aromatic N) is 2. The summed E-state index contributed by atoms with van der Waals surface area (Å²) in [6, 6.07) is 0. The molecule has 0 aliphatic carbocycles. The Morgan fingerprint density at radius 1 is 1.45 bits per heavy atom. The van der Waals surface area contributed by atoms with E-state index in [2.05, 4.69) is 18.9 Å². The van der Waals surface area contributed by atoms with Crippen LogP contribution < -0.4 is 5.73 Å². The van der Waals surface area contributed by atoms with E-state index in [-0.39, 0.29) is 5.41 Å². The van der Waals surface area contributed by atoms with E-state index in [4.69, 9.17) is 22.1 Å². The predicted octanol–water partition coefficient (Wildman–Crippen LogP) is 2.56. The molecule has 2 aliphatic heterocycles. The molecule has 2 fully saturated rings. The van der Waals surface area contributed by atoms with Crippen molar-refractivity contribution in [3.05, 3.63) is 16.4 Å². The van der Waals surface area contributed by atoms with Gasteiger partial charge >= 0.3 is 0 Å². The molecule has 0 amide bonds. The van der Waals surface area contributed by atoms with Crippen molar-refractivity contribution in [1.29, 1.82) is 0 Å². The number of hydrogen-bond acceptors (Lipinski definition) is 3. The SMILES string of the molecule is CCc1nn(CC)c(CC2(CN)CC3CCC2O3)c1Cl. The molecule has 1 aromatic heterocycles. The zero-order valence-corrected chi connectivity index (χ0v) is 13.1. The number of hydrogen-bond donors (Lipinski definition) is 1. The van der Waals surface area contributed by atoms with E-state index >= 15 is 0 Å². The van der Waals surface area contributed by atoms with Gasteiger partial charge in [0.2, 0.25) is 0 Å². The van der Waals surface area contributed by atoms with Gasteiger partial charge in [-0.05, 0) is 32.6 Å². The molecule has 0 saturated carbocycles. The van der Waals surface area contributed by atoms with Crippen LogP contribution in [0.25, 0.3) is 0 Å². The molecule has 112 valence electrons. The maximum atomic E-state index is 6.54. The molecule has 3 atom stereocenters. The van der Waals surface area contributed by atoms with Crippen LogP contribution in [0.4, 0.5) is 0 Å². The summed E-state index contributed by atoms with van der Waals surface area (Å²) in [5.41, 5.74) is 8.34. The van der Waals surface area contributed by atoms with Crippen LogP contribution >= 0.6 is 11.6 Å². The lowest BCUT2D eigenvalue weighted by Gasteiger charge is -2.34. The zero-order chi connectivity index (χ0) is 14.3. The average Bonchev–Trinajstić information content (AvgIpc) is 3.14. The minimum atomic E-state index is 0.0600. The van der Waals surface area contributed by atoms with Crippen molar-refractivity contribution in [3.63, 3.8) is 0 Å². The number of halogens is 1. The number of rotatable bonds is 5. The average molecular weight is 298 g/mol. The first-order valence-electron chi connectivity index (χ1n) is 7.73. The molecular weight excluding hydrogens is 274 g/mol. The summed E-state index contributed by atoms with van der Waals surface area (Å²) in [5, 5.41) is 5.46. The van der Waals surface area contributed by atoms with Gasteiger partial charge in [0.25, 0.3) is 0 Å². The van der Waals surface area contributed by atoms with Crippen LogP contribution in [0, 0.1) is 5.41 Å². The van der Waals surface area contributed by atoms with Crippen molar-refractivity contribution in [3.8, 4) is 0 Å². The lowest BCUT2D eigenvalue weighted by atomic mass is 9.71. The summed E-state index contributed by atoms with van der Waals surface area (Å²) in [6.07, 6.45) is 5.88. The lowest BCUT2D eigenvalue weighted by Crippen LogP contribution is -2.42. The molecule has 0 radical (unpaired) electrons. The number of fused-ring (bicyclic) bond motifs is 2. The second-order valence-corrected chi connectivity index (χ2v) is 6.53. The van der Waals surface area contributed by atoms with E-state index in [9.17, 15) is 0 Å². The first-order chi connectivity index (χ1) is 9.63. The van der Waals surface area contributed by atoms with Gasteiger partial charge in [0.1, 0.15) is 0 Å². The third kappa shape index (κ3) is 2.09. The first kappa shape index (κ1) is 14.4. The molecule has 2 bridgehead atoms. The van der Waals surface area contributed by atoms with E-state index in [0.717, 1.165) is 48.6 Å². The molecule has 3 rings (SSSR count). The summed E-state index contributed by atoms with van der Waals surface area (Å²) >= 11 is 6.54. The fourth-order valence-electron chi connectivity index (χ4n) is 3.88. The van der Waals surface area contributed by atoms with E-state index in [1.807, 2.05) is 4.68 Å². The number of nitrogens with two attached hydrogens (primary N) is 1. The van der Waals surface area contributed by atoms with Crippen LogP contribution in [0.3, 0.4) is 0 Å². The number of aromatic nitrogens is 2. The topological polar surface area (TPSA) is 53.1 Å².